The number of para-hydroxylation sites is 1. The second-order valence-electron chi connectivity index (χ2n) is 10.8. The van der Waals surface area contributed by atoms with Crippen LogP contribution in [0.15, 0.2) is 48.5 Å². The van der Waals surface area contributed by atoms with E-state index in [2.05, 4.69) is 10.6 Å². The van der Waals surface area contributed by atoms with E-state index in [0.29, 0.717) is 11.1 Å². The van der Waals surface area contributed by atoms with E-state index < -0.39 is 41.6 Å². The van der Waals surface area contributed by atoms with Crippen molar-refractivity contribution in [2.75, 3.05) is 0 Å². The van der Waals surface area contributed by atoms with Crippen LogP contribution in [0.2, 0.25) is 0 Å². The van der Waals surface area contributed by atoms with Gasteiger partial charge in [-0.1, -0.05) is 48.5 Å². The first-order chi connectivity index (χ1) is 17.2. The molecule has 0 aliphatic rings. The molecule has 0 radical (unpaired) electrons. The van der Waals surface area contributed by atoms with Crippen LogP contribution in [0, 0.1) is 6.92 Å². The molecule has 0 aliphatic carbocycles. The smallest absolute Gasteiger partial charge is 0.408 e. The standard InChI is InChI=1S/C29H41N3O5/c1-18(2)30-26(34)24(22-16-12-13-20(5)25(22)33)32(19(3)4)27(35)23(17-21-14-10-9-11-15-21)31-28(36)37-29(6,7)8/h9-16,18-19,23-24,33H,17H2,1-8H3,(H,30,34)(H,31,36). The summed E-state index contributed by atoms with van der Waals surface area (Å²) in [5, 5.41) is 16.5. The minimum Gasteiger partial charge on any atom is -0.507 e. The zero-order chi connectivity index (χ0) is 27.9. The van der Waals surface area contributed by atoms with Crippen LogP contribution in [0.3, 0.4) is 0 Å². The zero-order valence-electron chi connectivity index (χ0n) is 23.2. The fourth-order valence-electron chi connectivity index (χ4n) is 4.04. The van der Waals surface area contributed by atoms with Crippen molar-refractivity contribution in [3.8, 4) is 5.75 Å². The number of hydrogen-bond acceptors (Lipinski definition) is 5. The number of ether oxygens (including phenoxy) is 1. The summed E-state index contributed by atoms with van der Waals surface area (Å²) in [5.74, 6) is -0.937. The van der Waals surface area contributed by atoms with Crippen molar-refractivity contribution in [1.82, 2.24) is 15.5 Å². The van der Waals surface area contributed by atoms with E-state index in [1.54, 1.807) is 59.7 Å². The van der Waals surface area contributed by atoms with Crippen LogP contribution in [0.25, 0.3) is 0 Å². The van der Waals surface area contributed by atoms with E-state index in [9.17, 15) is 19.5 Å². The maximum absolute atomic E-state index is 14.2. The molecule has 37 heavy (non-hydrogen) atoms. The highest BCUT2D eigenvalue weighted by molar-refractivity contribution is 5.93. The lowest BCUT2D eigenvalue weighted by atomic mass is 9.96. The average molecular weight is 512 g/mol. The Kier molecular flexibility index (Phi) is 10.1. The summed E-state index contributed by atoms with van der Waals surface area (Å²) in [7, 11) is 0. The number of phenolic OH excluding ortho intramolecular Hbond substituents is 1. The van der Waals surface area contributed by atoms with Gasteiger partial charge in [-0.15, -0.1) is 0 Å². The number of carbonyl (C=O) groups is 3. The topological polar surface area (TPSA) is 108 Å². The van der Waals surface area contributed by atoms with E-state index >= 15 is 0 Å². The molecule has 202 valence electrons. The zero-order valence-corrected chi connectivity index (χ0v) is 23.2. The monoisotopic (exact) mass is 511 g/mol. The summed E-state index contributed by atoms with van der Waals surface area (Å²) in [4.78, 5) is 41.9. The van der Waals surface area contributed by atoms with E-state index in [-0.39, 0.29) is 18.2 Å². The molecule has 0 saturated heterocycles. The van der Waals surface area contributed by atoms with Gasteiger partial charge in [0.1, 0.15) is 23.4 Å². The van der Waals surface area contributed by atoms with Gasteiger partial charge in [0.25, 0.3) is 0 Å². The van der Waals surface area contributed by atoms with Crippen LogP contribution >= 0.6 is 0 Å². The lowest BCUT2D eigenvalue weighted by molar-refractivity contribution is -0.144. The molecule has 2 rings (SSSR count). The van der Waals surface area contributed by atoms with Crippen molar-refractivity contribution in [3.63, 3.8) is 0 Å². The van der Waals surface area contributed by atoms with Crippen molar-refractivity contribution in [3.05, 3.63) is 65.2 Å². The highest BCUT2D eigenvalue weighted by Crippen LogP contribution is 2.33. The third-order valence-corrected chi connectivity index (χ3v) is 5.60. The molecule has 0 bridgehead atoms. The van der Waals surface area contributed by atoms with Gasteiger partial charge in [0, 0.05) is 24.1 Å². The Morgan fingerprint density at radius 3 is 2.11 bits per heavy atom. The van der Waals surface area contributed by atoms with Crippen molar-refractivity contribution in [2.45, 2.75) is 91.6 Å². The third-order valence-electron chi connectivity index (χ3n) is 5.60. The maximum Gasteiger partial charge on any atom is 0.408 e. The van der Waals surface area contributed by atoms with Crippen LogP contribution in [0.1, 0.15) is 71.2 Å². The highest BCUT2D eigenvalue weighted by atomic mass is 16.6. The van der Waals surface area contributed by atoms with Gasteiger partial charge < -0.3 is 25.4 Å². The summed E-state index contributed by atoms with van der Waals surface area (Å²) >= 11 is 0. The SMILES string of the molecule is Cc1cccc(C(C(=O)NC(C)C)N(C(=O)C(Cc2ccccc2)NC(=O)OC(C)(C)C)C(C)C)c1O. The molecule has 3 N–H and O–H groups in total. The largest absolute Gasteiger partial charge is 0.507 e. The lowest BCUT2D eigenvalue weighted by Crippen LogP contribution is -2.56. The van der Waals surface area contributed by atoms with Gasteiger partial charge in [-0.05, 0) is 66.5 Å². The average Bonchev–Trinajstić information content (AvgIpc) is 2.77. The van der Waals surface area contributed by atoms with Crippen LogP contribution in [0.5, 0.6) is 5.75 Å². The highest BCUT2D eigenvalue weighted by Gasteiger charge is 2.39. The number of nitrogens with one attached hydrogen (secondary N) is 2. The Morgan fingerprint density at radius 1 is 0.946 bits per heavy atom. The first kappa shape index (κ1) is 29.7. The van der Waals surface area contributed by atoms with Crippen molar-refractivity contribution in [2.24, 2.45) is 0 Å². The van der Waals surface area contributed by atoms with Crippen LogP contribution in [0.4, 0.5) is 4.79 Å². The molecule has 0 aromatic heterocycles. The predicted octanol–water partition coefficient (Wildman–Crippen LogP) is 4.64. The summed E-state index contributed by atoms with van der Waals surface area (Å²) in [5.41, 5.74) is 0.983. The second kappa shape index (κ2) is 12.6. The summed E-state index contributed by atoms with van der Waals surface area (Å²) < 4.78 is 5.44. The first-order valence-electron chi connectivity index (χ1n) is 12.7. The minimum absolute atomic E-state index is 0.0513. The molecule has 8 nitrogen and oxygen atoms in total. The van der Waals surface area contributed by atoms with Gasteiger partial charge in [-0.3, -0.25) is 9.59 Å². The molecular formula is C29H41N3O5. The van der Waals surface area contributed by atoms with Crippen molar-refractivity contribution in [1.29, 1.82) is 0 Å². The fourth-order valence-corrected chi connectivity index (χ4v) is 4.04. The Bertz CT molecular complexity index is 1080. The maximum atomic E-state index is 14.2. The van der Waals surface area contributed by atoms with Gasteiger partial charge in [0.15, 0.2) is 0 Å². The normalized spacial score (nSPS) is 13.1. The number of nitrogens with zero attached hydrogens (tertiary/aromatic N) is 1. The summed E-state index contributed by atoms with van der Waals surface area (Å²) in [6.07, 6.45) is -0.535. The van der Waals surface area contributed by atoms with Gasteiger partial charge in [-0.25, -0.2) is 4.79 Å². The van der Waals surface area contributed by atoms with Gasteiger partial charge in [0.2, 0.25) is 11.8 Å². The molecule has 2 unspecified atom stereocenters. The molecule has 0 saturated carbocycles. The Labute approximate surface area is 220 Å². The number of aryl methyl sites for hydroxylation is 1. The van der Waals surface area contributed by atoms with Gasteiger partial charge >= 0.3 is 6.09 Å². The number of aromatic hydroxyl groups is 1. The predicted molar refractivity (Wildman–Crippen MR) is 144 cm³/mol. The van der Waals surface area contributed by atoms with E-state index in [4.69, 9.17) is 4.74 Å². The van der Waals surface area contributed by atoms with Crippen LogP contribution in [-0.2, 0) is 20.7 Å². The molecule has 2 atom stereocenters. The molecule has 3 amide bonds. The number of amides is 3. The van der Waals surface area contributed by atoms with E-state index in [1.807, 2.05) is 44.2 Å². The molecule has 0 spiro atoms. The molecule has 0 heterocycles. The molecule has 0 fully saturated rings. The number of hydrogen-bond donors (Lipinski definition) is 3. The van der Waals surface area contributed by atoms with Gasteiger partial charge in [-0.2, -0.15) is 0 Å². The van der Waals surface area contributed by atoms with Crippen LogP contribution in [-0.4, -0.2) is 51.6 Å². The molecule has 0 aliphatic heterocycles. The Balaban J connectivity index is 2.58. The van der Waals surface area contributed by atoms with Gasteiger partial charge in [0.05, 0.1) is 0 Å². The Morgan fingerprint density at radius 2 is 1.57 bits per heavy atom. The lowest BCUT2D eigenvalue weighted by Gasteiger charge is -2.37. The van der Waals surface area contributed by atoms with Crippen LogP contribution < -0.4 is 10.6 Å². The Hall–Kier alpha value is -3.55. The number of benzene rings is 2. The summed E-state index contributed by atoms with van der Waals surface area (Å²) in [6, 6.07) is 11.7. The minimum atomic E-state index is -1.12. The van der Waals surface area contributed by atoms with Crippen molar-refractivity contribution >= 4 is 17.9 Å². The first-order valence-corrected chi connectivity index (χ1v) is 12.7. The quantitative estimate of drug-likeness (QED) is 0.455. The van der Waals surface area contributed by atoms with Crippen molar-refractivity contribution < 1.29 is 24.2 Å². The number of alkyl carbamates (subject to hydrolysis) is 1. The molecule has 2 aromatic carbocycles. The molecule has 2 aromatic rings. The van der Waals surface area contributed by atoms with E-state index in [0.717, 1.165) is 5.56 Å². The number of carbonyl (C=O) groups excluding carboxylic acids is 3. The fraction of sp³-hybridized carbons (Fsp3) is 0.483. The molecule has 8 heteroatoms. The third kappa shape index (κ3) is 8.51. The summed E-state index contributed by atoms with van der Waals surface area (Å²) in [6.45, 7) is 14.2. The number of rotatable bonds is 9. The second-order valence-corrected chi connectivity index (χ2v) is 10.8. The number of phenols is 1. The van der Waals surface area contributed by atoms with E-state index in [1.165, 1.54) is 4.90 Å². The molecular weight excluding hydrogens is 470 g/mol.